The third-order valence-electron chi connectivity index (χ3n) is 6.94. The summed E-state index contributed by atoms with van der Waals surface area (Å²) in [7, 11) is 0. The number of piperidine rings is 3. The maximum atomic E-state index is 13.1. The number of ether oxygens (including phenoxy) is 1. The maximum absolute atomic E-state index is 13.1. The number of carbonyl (C=O) groups is 1. The number of benzene rings is 1. The summed E-state index contributed by atoms with van der Waals surface area (Å²) < 4.78 is 6.46. The third-order valence-corrected chi connectivity index (χ3v) is 7.16. The van der Waals surface area contributed by atoms with E-state index in [9.17, 15) is 4.79 Å². The smallest absolute Gasteiger partial charge is 0.255 e. The van der Waals surface area contributed by atoms with Gasteiger partial charge in [0.1, 0.15) is 11.4 Å². The molecule has 4 fully saturated rings. The van der Waals surface area contributed by atoms with Crippen molar-refractivity contribution in [2.45, 2.75) is 63.0 Å². The van der Waals surface area contributed by atoms with Crippen molar-refractivity contribution in [2.75, 3.05) is 19.6 Å². The zero-order chi connectivity index (χ0) is 17.7. The first kappa shape index (κ1) is 16.9. The Morgan fingerprint density at radius 2 is 1.96 bits per heavy atom. The number of amides is 1. The molecule has 2 bridgehead atoms. The van der Waals surface area contributed by atoms with Crippen LogP contribution in [0.2, 0.25) is 5.02 Å². The normalized spacial score (nSPS) is 31.5. The molecule has 3 saturated heterocycles. The van der Waals surface area contributed by atoms with E-state index in [1.807, 2.05) is 6.07 Å². The summed E-state index contributed by atoms with van der Waals surface area (Å²) in [6.45, 7) is 3.33. The molecule has 26 heavy (non-hydrogen) atoms. The minimum atomic E-state index is -0.101. The second-order valence-corrected chi connectivity index (χ2v) is 9.12. The van der Waals surface area contributed by atoms with E-state index in [0.717, 1.165) is 37.1 Å². The van der Waals surface area contributed by atoms with E-state index in [1.54, 1.807) is 6.07 Å². The van der Waals surface area contributed by atoms with Crippen molar-refractivity contribution < 1.29 is 9.53 Å². The van der Waals surface area contributed by atoms with Gasteiger partial charge in [0.05, 0.1) is 5.56 Å². The second-order valence-electron chi connectivity index (χ2n) is 8.68. The van der Waals surface area contributed by atoms with Crippen LogP contribution in [0.15, 0.2) is 12.1 Å². The lowest BCUT2D eigenvalue weighted by Gasteiger charge is -2.45. The summed E-state index contributed by atoms with van der Waals surface area (Å²) in [5, 5.41) is 3.93. The summed E-state index contributed by atoms with van der Waals surface area (Å²) in [5.74, 6) is 1.38. The molecule has 0 unspecified atom stereocenters. The van der Waals surface area contributed by atoms with Gasteiger partial charge in [-0.1, -0.05) is 18.0 Å². The Morgan fingerprint density at radius 1 is 1.19 bits per heavy atom. The topological polar surface area (TPSA) is 41.6 Å². The summed E-state index contributed by atoms with van der Waals surface area (Å²) in [5.41, 5.74) is 1.64. The number of fused-ring (bicyclic) bond motifs is 4. The van der Waals surface area contributed by atoms with Gasteiger partial charge < -0.3 is 15.0 Å². The SMILES string of the molecule is O=C(N[C@H]1CN2CCC1CC2)c1cc(Cl)cc2c1OC1(CCCCC1)C2. The largest absolute Gasteiger partial charge is 0.486 e. The molecule has 0 radical (unpaired) electrons. The molecule has 140 valence electrons. The van der Waals surface area contributed by atoms with Crippen molar-refractivity contribution in [2.24, 2.45) is 5.92 Å². The highest BCUT2D eigenvalue weighted by Gasteiger charge is 2.42. The molecule has 1 spiro atoms. The quantitative estimate of drug-likeness (QED) is 0.856. The van der Waals surface area contributed by atoms with Crippen LogP contribution in [-0.4, -0.2) is 42.1 Å². The molecule has 6 rings (SSSR count). The van der Waals surface area contributed by atoms with Gasteiger partial charge in [-0.3, -0.25) is 4.79 Å². The van der Waals surface area contributed by atoms with Gasteiger partial charge in [-0.2, -0.15) is 0 Å². The van der Waals surface area contributed by atoms with Crippen LogP contribution in [0.1, 0.15) is 60.9 Å². The Bertz CT molecular complexity index is 721. The Morgan fingerprint density at radius 3 is 2.65 bits per heavy atom. The highest BCUT2D eigenvalue weighted by atomic mass is 35.5. The molecule has 1 N–H and O–H groups in total. The van der Waals surface area contributed by atoms with Crippen LogP contribution in [-0.2, 0) is 6.42 Å². The van der Waals surface area contributed by atoms with Gasteiger partial charge in [-0.25, -0.2) is 0 Å². The van der Waals surface area contributed by atoms with Crippen LogP contribution in [0.4, 0.5) is 0 Å². The van der Waals surface area contributed by atoms with Gasteiger partial charge in [-0.05, 0) is 69.7 Å². The minimum absolute atomic E-state index is 0.0182. The molecule has 5 aliphatic rings. The van der Waals surface area contributed by atoms with Crippen LogP contribution in [0.25, 0.3) is 0 Å². The zero-order valence-corrected chi connectivity index (χ0v) is 16.0. The van der Waals surface area contributed by atoms with Crippen LogP contribution in [0, 0.1) is 5.92 Å². The molecule has 4 nitrogen and oxygen atoms in total. The van der Waals surface area contributed by atoms with Gasteiger partial charge in [0.15, 0.2) is 0 Å². The number of hydrogen-bond acceptors (Lipinski definition) is 3. The second kappa shape index (κ2) is 6.42. The molecule has 1 aliphatic carbocycles. The number of nitrogens with one attached hydrogen (secondary N) is 1. The number of hydrogen-bond donors (Lipinski definition) is 1. The van der Waals surface area contributed by atoms with Gasteiger partial charge in [-0.15, -0.1) is 0 Å². The monoisotopic (exact) mass is 374 g/mol. The molecule has 5 heteroatoms. The van der Waals surface area contributed by atoms with E-state index in [0.29, 0.717) is 16.5 Å². The highest BCUT2D eigenvalue weighted by Crippen LogP contribution is 2.46. The average molecular weight is 375 g/mol. The van der Waals surface area contributed by atoms with E-state index < -0.39 is 0 Å². The molecule has 1 amide bonds. The molecule has 0 aromatic heterocycles. The van der Waals surface area contributed by atoms with Crippen molar-refractivity contribution in [3.8, 4) is 5.75 Å². The number of nitrogens with zero attached hydrogens (tertiary/aromatic N) is 1. The molecular formula is C21H27ClN2O2. The summed E-state index contributed by atoms with van der Waals surface area (Å²) in [4.78, 5) is 15.6. The van der Waals surface area contributed by atoms with Crippen LogP contribution in [0.3, 0.4) is 0 Å². The average Bonchev–Trinajstić information content (AvgIpc) is 2.99. The predicted octanol–water partition coefficient (Wildman–Crippen LogP) is 3.80. The van der Waals surface area contributed by atoms with E-state index >= 15 is 0 Å². The predicted molar refractivity (Wildman–Crippen MR) is 102 cm³/mol. The minimum Gasteiger partial charge on any atom is -0.486 e. The van der Waals surface area contributed by atoms with Crippen molar-refractivity contribution in [3.63, 3.8) is 0 Å². The first-order chi connectivity index (χ1) is 12.6. The molecule has 1 aromatic carbocycles. The number of carbonyl (C=O) groups excluding carboxylic acids is 1. The lowest BCUT2D eigenvalue weighted by atomic mass is 9.82. The first-order valence-corrected chi connectivity index (χ1v) is 10.5. The molecule has 1 aromatic rings. The zero-order valence-electron chi connectivity index (χ0n) is 15.2. The van der Waals surface area contributed by atoms with Crippen molar-refractivity contribution in [3.05, 3.63) is 28.3 Å². The highest BCUT2D eigenvalue weighted by molar-refractivity contribution is 6.31. The van der Waals surface area contributed by atoms with Gasteiger partial charge in [0.25, 0.3) is 5.91 Å². The van der Waals surface area contributed by atoms with E-state index in [-0.39, 0.29) is 17.6 Å². The third kappa shape index (κ3) is 2.91. The Balaban J connectivity index is 1.39. The van der Waals surface area contributed by atoms with Crippen LogP contribution in [0.5, 0.6) is 5.75 Å². The molecular weight excluding hydrogens is 348 g/mol. The van der Waals surface area contributed by atoms with Gasteiger partial charge in [0.2, 0.25) is 0 Å². The van der Waals surface area contributed by atoms with Crippen molar-refractivity contribution in [1.82, 2.24) is 10.2 Å². The van der Waals surface area contributed by atoms with E-state index in [4.69, 9.17) is 16.3 Å². The fourth-order valence-electron chi connectivity index (χ4n) is 5.52. The Kier molecular flexibility index (Phi) is 4.17. The fraction of sp³-hybridized carbons (Fsp3) is 0.667. The summed E-state index contributed by atoms with van der Waals surface area (Å²) in [6.07, 6.45) is 9.15. The fourth-order valence-corrected chi connectivity index (χ4v) is 5.76. The molecule has 4 aliphatic heterocycles. The summed E-state index contributed by atoms with van der Waals surface area (Å²) >= 11 is 6.36. The lowest BCUT2D eigenvalue weighted by molar-refractivity contribution is 0.0502. The van der Waals surface area contributed by atoms with E-state index in [1.165, 1.54) is 45.2 Å². The van der Waals surface area contributed by atoms with Crippen LogP contribution >= 0.6 is 11.6 Å². The number of rotatable bonds is 2. The lowest BCUT2D eigenvalue weighted by Crippen LogP contribution is -2.57. The first-order valence-electron chi connectivity index (χ1n) is 10.2. The molecule has 4 heterocycles. The molecule has 1 atom stereocenters. The Labute approximate surface area is 160 Å². The van der Waals surface area contributed by atoms with E-state index in [2.05, 4.69) is 10.2 Å². The molecule has 1 saturated carbocycles. The van der Waals surface area contributed by atoms with Crippen LogP contribution < -0.4 is 10.1 Å². The van der Waals surface area contributed by atoms with Crippen molar-refractivity contribution in [1.29, 1.82) is 0 Å². The maximum Gasteiger partial charge on any atom is 0.255 e. The summed E-state index contributed by atoms with van der Waals surface area (Å²) in [6, 6.07) is 4.04. The van der Waals surface area contributed by atoms with Crippen molar-refractivity contribution >= 4 is 17.5 Å². The number of halogens is 1. The van der Waals surface area contributed by atoms with Gasteiger partial charge in [0, 0.05) is 29.6 Å². The van der Waals surface area contributed by atoms with Gasteiger partial charge >= 0.3 is 0 Å². The standard InChI is InChI=1S/C21H27ClN2O2/c22-16-10-15-12-21(6-2-1-3-7-21)26-19(15)17(11-16)20(25)23-18-13-24-8-4-14(18)5-9-24/h10-11,14,18H,1-9,12-13H2,(H,23,25)/t18-/m0/s1. The Hall–Kier alpha value is -1.26.